The van der Waals surface area contributed by atoms with Crippen molar-refractivity contribution in [2.75, 3.05) is 59.2 Å². The molecule has 0 aromatic carbocycles. The van der Waals surface area contributed by atoms with E-state index in [-0.39, 0.29) is 30.1 Å². The Labute approximate surface area is 205 Å². The molecule has 2 N–H and O–H groups in total. The van der Waals surface area contributed by atoms with E-state index in [4.69, 9.17) is 19.2 Å². The number of guanidine groups is 1. The first-order valence-electron chi connectivity index (χ1n) is 11.5. The fourth-order valence-corrected chi connectivity index (χ4v) is 3.61. The maximum Gasteiger partial charge on any atom is 0.410 e. The summed E-state index contributed by atoms with van der Waals surface area (Å²) in [5.41, 5.74) is -0.459. The number of rotatable bonds is 9. The standard InChI is InChI=1S/C22H42N4O4.HI/c1-5-23-20(24-10-7-12-28-16-19-9-13-29-17-19)25-14-18-8-6-11-26(15-18)21(27)30-22(2,3)4;/h18-19H,5-17H2,1-4H3,(H2,23,24,25);1H. The molecular formula is C22H43IN4O4. The summed E-state index contributed by atoms with van der Waals surface area (Å²) in [6, 6.07) is 0. The third-order valence-corrected chi connectivity index (χ3v) is 5.16. The Morgan fingerprint density at radius 1 is 1.23 bits per heavy atom. The highest BCUT2D eigenvalue weighted by molar-refractivity contribution is 14.0. The summed E-state index contributed by atoms with van der Waals surface area (Å²) < 4.78 is 16.6. The normalized spacial score (nSPS) is 22.1. The maximum atomic E-state index is 12.3. The van der Waals surface area contributed by atoms with Crippen LogP contribution < -0.4 is 10.6 Å². The first-order chi connectivity index (χ1) is 14.4. The number of aliphatic imine (C=N–C) groups is 1. The van der Waals surface area contributed by atoms with E-state index < -0.39 is 5.60 Å². The predicted molar refractivity (Wildman–Crippen MR) is 134 cm³/mol. The molecule has 2 unspecified atom stereocenters. The SMILES string of the molecule is CCNC(=NCC1CCCN(C(=O)OC(C)(C)C)C1)NCCCOCC1CCOC1.I. The highest BCUT2D eigenvalue weighted by Crippen LogP contribution is 2.19. The minimum atomic E-state index is -0.459. The Kier molecular flexibility index (Phi) is 13.8. The lowest BCUT2D eigenvalue weighted by Crippen LogP contribution is -2.44. The molecule has 0 saturated carbocycles. The number of piperidine rings is 1. The van der Waals surface area contributed by atoms with E-state index in [1.165, 1.54) is 0 Å². The van der Waals surface area contributed by atoms with Crippen LogP contribution in [0.3, 0.4) is 0 Å². The Hall–Kier alpha value is -0.810. The number of hydrogen-bond donors (Lipinski definition) is 2. The molecule has 31 heavy (non-hydrogen) atoms. The number of carbonyl (C=O) groups is 1. The van der Waals surface area contributed by atoms with Crippen LogP contribution in [0.2, 0.25) is 0 Å². The summed E-state index contributed by atoms with van der Waals surface area (Å²) in [5, 5.41) is 6.68. The monoisotopic (exact) mass is 554 g/mol. The molecule has 2 aliphatic heterocycles. The number of amides is 1. The van der Waals surface area contributed by atoms with Crippen LogP contribution in [0.25, 0.3) is 0 Å². The van der Waals surface area contributed by atoms with Crippen LogP contribution in [0.4, 0.5) is 4.79 Å². The number of ether oxygens (including phenoxy) is 3. The van der Waals surface area contributed by atoms with Crippen LogP contribution in [-0.4, -0.2) is 81.7 Å². The molecular weight excluding hydrogens is 511 g/mol. The van der Waals surface area contributed by atoms with E-state index in [2.05, 4.69) is 17.6 Å². The van der Waals surface area contributed by atoms with Crippen LogP contribution in [0, 0.1) is 11.8 Å². The predicted octanol–water partition coefficient (Wildman–Crippen LogP) is 3.25. The van der Waals surface area contributed by atoms with Crippen molar-refractivity contribution < 1.29 is 19.0 Å². The number of nitrogens with one attached hydrogen (secondary N) is 2. The molecule has 0 aromatic heterocycles. The molecule has 1 amide bonds. The Morgan fingerprint density at radius 2 is 2.03 bits per heavy atom. The quantitative estimate of drug-likeness (QED) is 0.197. The molecule has 2 aliphatic rings. The minimum absolute atomic E-state index is 0. The van der Waals surface area contributed by atoms with Gasteiger partial charge in [0.2, 0.25) is 0 Å². The molecule has 0 aromatic rings. The van der Waals surface area contributed by atoms with Crippen molar-refractivity contribution in [3.63, 3.8) is 0 Å². The van der Waals surface area contributed by atoms with Crippen molar-refractivity contribution in [3.05, 3.63) is 0 Å². The average molecular weight is 555 g/mol. The van der Waals surface area contributed by atoms with Crippen LogP contribution >= 0.6 is 24.0 Å². The van der Waals surface area contributed by atoms with Gasteiger partial charge >= 0.3 is 6.09 Å². The fourth-order valence-electron chi connectivity index (χ4n) is 3.61. The molecule has 2 heterocycles. The molecule has 8 nitrogen and oxygen atoms in total. The lowest BCUT2D eigenvalue weighted by Gasteiger charge is -2.33. The molecule has 2 atom stereocenters. The highest BCUT2D eigenvalue weighted by Gasteiger charge is 2.27. The molecule has 0 bridgehead atoms. The van der Waals surface area contributed by atoms with Gasteiger partial charge in [0, 0.05) is 51.9 Å². The molecule has 182 valence electrons. The van der Waals surface area contributed by atoms with Crippen molar-refractivity contribution in [1.29, 1.82) is 0 Å². The number of nitrogens with zero attached hydrogens (tertiary/aromatic N) is 2. The van der Waals surface area contributed by atoms with Crippen molar-refractivity contribution in [1.82, 2.24) is 15.5 Å². The van der Waals surface area contributed by atoms with Gasteiger partial charge in [0.1, 0.15) is 5.60 Å². The number of hydrogen-bond acceptors (Lipinski definition) is 5. The Balaban J connectivity index is 0.00000480. The Bertz CT molecular complexity index is 536. The largest absolute Gasteiger partial charge is 0.444 e. The van der Waals surface area contributed by atoms with Gasteiger partial charge in [-0.1, -0.05) is 0 Å². The molecule has 2 fully saturated rings. The highest BCUT2D eigenvalue weighted by atomic mass is 127. The van der Waals surface area contributed by atoms with Gasteiger partial charge in [-0.25, -0.2) is 4.79 Å². The number of carbonyl (C=O) groups excluding carboxylic acids is 1. The first kappa shape index (κ1) is 28.2. The topological polar surface area (TPSA) is 84.4 Å². The van der Waals surface area contributed by atoms with E-state index in [1.54, 1.807) is 0 Å². The molecule has 9 heteroatoms. The third-order valence-electron chi connectivity index (χ3n) is 5.16. The van der Waals surface area contributed by atoms with Crippen LogP contribution in [0.1, 0.15) is 53.4 Å². The number of likely N-dealkylation sites (tertiary alicyclic amines) is 1. The average Bonchev–Trinajstić information content (AvgIpc) is 3.21. The molecule has 0 spiro atoms. The van der Waals surface area contributed by atoms with Gasteiger partial charge in [-0.3, -0.25) is 4.99 Å². The second-order valence-corrected chi connectivity index (χ2v) is 9.24. The first-order valence-corrected chi connectivity index (χ1v) is 11.5. The second kappa shape index (κ2) is 15.1. The minimum Gasteiger partial charge on any atom is -0.444 e. The van der Waals surface area contributed by atoms with E-state index >= 15 is 0 Å². The van der Waals surface area contributed by atoms with Gasteiger partial charge < -0.3 is 29.7 Å². The molecule has 2 saturated heterocycles. The third kappa shape index (κ3) is 12.1. The zero-order valence-electron chi connectivity index (χ0n) is 19.8. The Morgan fingerprint density at radius 3 is 2.71 bits per heavy atom. The lowest BCUT2D eigenvalue weighted by molar-refractivity contribution is 0.0170. The molecule has 2 rings (SSSR count). The summed E-state index contributed by atoms with van der Waals surface area (Å²) >= 11 is 0. The van der Waals surface area contributed by atoms with Gasteiger partial charge in [-0.05, 0) is 59.3 Å². The van der Waals surface area contributed by atoms with Crippen LogP contribution in [-0.2, 0) is 14.2 Å². The zero-order valence-corrected chi connectivity index (χ0v) is 22.1. The van der Waals surface area contributed by atoms with Gasteiger partial charge in [-0.15, -0.1) is 24.0 Å². The summed E-state index contributed by atoms with van der Waals surface area (Å²) in [5.74, 6) is 1.75. The van der Waals surface area contributed by atoms with Crippen molar-refractivity contribution in [2.45, 2.75) is 59.0 Å². The van der Waals surface area contributed by atoms with E-state index in [1.807, 2.05) is 25.7 Å². The summed E-state index contributed by atoms with van der Waals surface area (Å²) in [6.07, 6.45) is 3.91. The van der Waals surface area contributed by atoms with E-state index in [0.717, 1.165) is 77.7 Å². The molecule has 0 aliphatic carbocycles. The summed E-state index contributed by atoms with van der Waals surface area (Å²) in [4.78, 5) is 18.9. The second-order valence-electron chi connectivity index (χ2n) is 9.24. The van der Waals surface area contributed by atoms with Crippen LogP contribution in [0.5, 0.6) is 0 Å². The lowest BCUT2D eigenvalue weighted by atomic mass is 9.98. The van der Waals surface area contributed by atoms with Gasteiger partial charge in [0.25, 0.3) is 0 Å². The van der Waals surface area contributed by atoms with Crippen molar-refractivity contribution in [2.24, 2.45) is 16.8 Å². The maximum absolute atomic E-state index is 12.3. The summed E-state index contributed by atoms with van der Waals surface area (Å²) in [6.45, 7) is 14.8. The summed E-state index contributed by atoms with van der Waals surface area (Å²) in [7, 11) is 0. The van der Waals surface area contributed by atoms with Gasteiger partial charge in [0.05, 0.1) is 13.2 Å². The van der Waals surface area contributed by atoms with Gasteiger partial charge in [-0.2, -0.15) is 0 Å². The van der Waals surface area contributed by atoms with E-state index in [9.17, 15) is 4.79 Å². The van der Waals surface area contributed by atoms with Crippen molar-refractivity contribution >= 4 is 36.0 Å². The van der Waals surface area contributed by atoms with Crippen molar-refractivity contribution in [3.8, 4) is 0 Å². The zero-order chi connectivity index (χ0) is 21.8. The van der Waals surface area contributed by atoms with Gasteiger partial charge in [0.15, 0.2) is 5.96 Å². The van der Waals surface area contributed by atoms with Crippen LogP contribution in [0.15, 0.2) is 4.99 Å². The fraction of sp³-hybridized carbons (Fsp3) is 0.909. The molecule has 0 radical (unpaired) electrons. The number of halogens is 1. The smallest absolute Gasteiger partial charge is 0.410 e. The van der Waals surface area contributed by atoms with E-state index in [0.29, 0.717) is 24.9 Å².